The number of nitrogens with one attached hydrogen (secondary N) is 1. The zero-order valence-corrected chi connectivity index (χ0v) is 18.8. The summed E-state index contributed by atoms with van der Waals surface area (Å²) in [6, 6.07) is 8.75. The first-order valence-electron chi connectivity index (χ1n) is 10.6. The quantitative estimate of drug-likeness (QED) is 0.710. The van der Waals surface area contributed by atoms with E-state index >= 15 is 0 Å². The number of carbonyl (C=O) groups is 2. The molecule has 0 aliphatic carbocycles. The molecule has 9 nitrogen and oxygen atoms in total. The van der Waals surface area contributed by atoms with Gasteiger partial charge in [0.15, 0.2) is 11.6 Å². The average molecular weight is 441 g/mol. The van der Waals surface area contributed by atoms with Gasteiger partial charge >= 0.3 is 5.97 Å². The Morgan fingerprint density at radius 3 is 2.62 bits per heavy atom. The van der Waals surface area contributed by atoms with E-state index in [2.05, 4.69) is 10.2 Å². The lowest BCUT2D eigenvalue weighted by molar-refractivity contribution is -0.119. The van der Waals surface area contributed by atoms with E-state index in [0.717, 1.165) is 24.3 Å². The third-order valence-corrected chi connectivity index (χ3v) is 6.04. The molecule has 1 amide bonds. The molecule has 4 rings (SSSR count). The van der Waals surface area contributed by atoms with Crippen LogP contribution in [0.5, 0.6) is 5.75 Å². The lowest BCUT2D eigenvalue weighted by atomic mass is 10.0. The molecule has 2 aromatic rings. The first-order chi connectivity index (χ1) is 15.5. The van der Waals surface area contributed by atoms with Gasteiger partial charge in [-0.1, -0.05) is 6.07 Å². The van der Waals surface area contributed by atoms with E-state index in [1.54, 1.807) is 30.1 Å². The number of nitrogens with zero attached hydrogens (tertiary/aromatic N) is 3. The first kappa shape index (κ1) is 21.9. The molecule has 32 heavy (non-hydrogen) atoms. The predicted octanol–water partition coefficient (Wildman–Crippen LogP) is 2.97. The van der Waals surface area contributed by atoms with Gasteiger partial charge in [0.25, 0.3) is 0 Å². The smallest absolute Gasteiger partial charge is 0.341 e. The van der Waals surface area contributed by atoms with Crippen LogP contribution in [0.4, 0.5) is 23.0 Å². The maximum absolute atomic E-state index is 12.9. The Hall–Kier alpha value is -3.33. The zero-order chi connectivity index (χ0) is 22.8. The Balaban J connectivity index is 1.72. The van der Waals surface area contributed by atoms with Crippen molar-refractivity contribution in [3.8, 4) is 5.75 Å². The van der Waals surface area contributed by atoms with Crippen LogP contribution in [0, 0.1) is 0 Å². The monoisotopic (exact) mass is 440 g/mol. The highest BCUT2D eigenvalue weighted by atomic mass is 16.5. The summed E-state index contributed by atoms with van der Waals surface area (Å²) in [5.74, 6) is 1.26. The second-order valence-corrected chi connectivity index (χ2v) is 7.87. The number of amides is 1. The summed E-state index contributed by atoms with van der Waals surface area (Å²) < 4.78 is 15.9. The topological polar surface area (TPSA) is 93.2 Å². The second-order valence-electron chi connectivity index (χ2n) is 7.87. The molecule has 0 radical (unpaired) electrons. The number of benzene rings is 1. The molecular weight excluding hydrogens is 412 g/mol. The number of fused-ring (bicyclic) bond motifs is 1. The highest BCUT2D eigenvalue weighted by Crippen LogP contribution is 2.39. The van der Waals surface area contributed by atoms with Crippen LogP contribution in [0.15, 0.2) is 30.3 Å². The van der Waals surface area contributed by atoms with E-state index in [1.807, 2.05) is 19.1 Å². The molecule has 0 bridgehead atoms. The maximum Gasteiger partial charge on any atom is 0.341 e. The standard InChI is InChI=1S/C23H28N4O5/c1-14-22(28)26(2)18-8-9-19(25-21(18)27(14)15-10-12-32-13-11-15)24-17-7-5-6-16(20(17)30-3)23(29)31-4/h5-9,14-15H,10-13H2,1-4H3,(H,24,25)/t14-/m1/s1. The van der Waals surface area contributed by atoms with E-state index < -0.39 is 5.97 Å². The fourth-order valence-electron chi connectivity index (χ4n) is 4.38. The Morgan fingerprint density at radius 1 is 1.19 bits per heavy atom. The summed E-state index contributed by atoms with van der Waals surface area (Å²) in [5.41, 5.74) is 1.68. The fourth-order valence-corrected chi connectivity index (χ4v) is 4.38. The van der Waals surface area contributed by atoms with Gasteiger partial charge in [-0.25, -0.2) is 9.78 Å². The molecule has 1 fully saturated rings. The number of rotatable bonds is 5. The Labute approximate surface area is 187 Å². The first-order valence-corrected chi connectivity index (χ1v) is 10.6. The molecule has 0 saturated carbocycles. The Kier molecular flexibility index (Phi) is 6.18. The minimum Gasteiger partial charge on any atom is -0.494 e. The number of anilines is 4. The molecule has 1 N–H and O–H groups in total. The summed E-state index contributed by atoms with van der Waals surface area (Å²) in [6.07, 6.45) is 1.68. The number of esters is 1. The number of para-hydroxylation sites is 1. The van der Waals surface area contributed by atoms with Crippen LogP contribution in [0.1, 0.15) is 30.1 Å². The summed E-state index contributed by atoms with van der Waals surface area (Å²) in [7, 11) is 4.61. The number of methoxy groups -OCH3 is 2. The van der Waals surface area contributed by atoms with Crippen molar-refractivity contribution in [2.24, 2.45) is 0 Å². The normalized spacial score (nSPS) is 18.9. The van der Waals surface area contributed by atoms with Crippen molar-refractivity contribution < 1.29 is 23.8 Å². The van der Waals surface area contributed by atoms with E-state index in [0.29, 0.717) is 36.0 Å². The minimum atomic E-state index is -0.483. The third kappa shape index (κ3) is 3.84. The summed E-state index contributed by atoms with van der Waals surface area (Å²) in [5, 5.41) is 3.26. The van der Waals surface area contributed by atoms with E-state index in [9.17, 15) is 9.59 Å². The van der Waals surface area contributed by atoms with Crippen molar-refractivity contribution in [3.63, 3.8) is 0 Å². The maximum atomic E-state index is 12.9. The molecule has 170 valence electrons. The zero-order valence-electron chi connectivity index (χ0n) is 18.8. The third-order valence-electron chi connectivity index (χ3n) is 6.04. The highest BCUT2D eigenvalue weighted by molar-refractivity contribution is 6.04. The van der Waals surface area contributed by atoms with Gasteiger partial charge in [-0.3, -0.25) is 4.79 Å². The number of ether oxygens (including phenoxy) is 3. The predicted molar refractivity (Wildman–Crippen MR) is 121 cm³/mol. The molecule has 9 heteroatoms. The SMILES string of the molecule is COC(=O)c1cccc(Nc2ccc3c(n2)N(C2CCOCC2)[C@H](C)C(=O)N3C)c1OC. The molecule has 2 aliphatic heterocycles. The fraction of sp³-hybridized carbons (Fsp3) is 0.435. The number of pyridine rings is 1. The Morgan fingerprint density at radius 2 is 1.94 bits per heavy atom. The highest BCUT2D eigenvalue weighted by Gasteiger charge is 2.39. The van der Waals surface area contributed by atoms with Gasteiger partial charge in [0, 0.05) is 26.3 Å². The molecular formula is C23H28N4O5. The number of carbonyl (C=O) groups excluding carboxylic acids is 2. The van der Waals surface area contributed by atoms with Crippen molar-refractivity contribution in [2.45, 2.75) is 31.8 Å². The van der Waals surface area contributed by atoms with Crippen LogP contribution >= 0.6 is 0 Å². The Bertz CT molecular complexity index is 1020. The number of hydrogen-bond acceptors (Lipinski definition) is 8. The van der Waals surface area contributed by atoms with E-state index in [-0.39, 0.29) is 18.0 Å². The van der Waals surface area contributed by atoms with Crippen LogP contribution in [0.2, 0.25) is 0 Å². The van der Waals surface area contributed by atoms with Crippen LogP contribution in [-0.2, 0) is 14.3 Å². The molecule has 2 aliphatic rings. The van der Waals surface area contributed by atoms with Gasteiger partial charge in [0.05, 0.1) is 25.6 Å². The second kappa shape index (κ2) is 9.04. The van der Waals surface area contributed by atoms with E-state index in [4.69, 9.17) is 19.2 Å². The van der Waals surface area contributed by atoms with Crippen molar-refractivity contribution in [1.29, 1.82) is 0 Å². The van der Waals surface area contributed by atoms with Gasteiger partial charge in [0.2, 0.25) is 5.91 Å². The lowest BCUT2D eigenvalue weighted by Gasteiger charge is -2.44. The average Bonchev–Trinajstić information content (AvgIpc) is 2.82. The molecule has 1 atom stereocenters. The summed E-state index contributed by atoms with van der Waals surface area (Å²) >= 11 is 0. The van der Waals surface area contributed by atoms with Gasteiger partial charge in [-0.15, -0.1) is 0 Å². The van der Waals surface area contributed by atoms with Crippen LogP contribution in [0.25, 0.3) is 0 Å². The molecule has 1 aromatic heterocycles. The van der Waals surface area contributed by atoms with Crippen molar-refractivity contribution in [2.75, 3.05) is 49.6 Å². The number of hydrogen-bond donors (Lipinski definition) is 1. The summed E-state index contributed by atoms with van der Waals surface area (Å²) in [6.45, 7) is 3.26. The lowest BCUT2D eigenvalue weighted by Crippen LogP contribution is -2.56. The molecule has 1 saturated heterocycles. The number of likely N-dealkylation sites (N-methyl/N-ethyl adjacent to an activating group) is 1. The van der Waals surface area contributed by atoms with Gasteiger partial charge < -0.3 is 29.3 Å². The minimum absolute atomic E-state index is 0.0407. The molecule has 0 spiro atoms. The molecule has 0 unspecified atom stereocenters. The largest absolute Gasteiger partial charge is 0.494 e. The molecule has 3 heterocycles. The molecule has 1 aromatic carbocycles. The van der Waals surface area contributed by atoms with Crippen molar-refractivity contribution in [1.82, 2.24) is 4.98 Å². The van der Waals surface area contributed by atoms with Gasteiger partial charge in [0.1, 0.15) is 17.4 Å². The van der Waals surface area contributed by atoms with Crippen molar-refractivity contribution >= 4 is 34.9 Å². The van der Waals surface area contributed by atoms with Crippen LogP contribution in [-0.4, -0.2) is 63.4 Å². The number of aromatic nitrogens is 1. The summed E-state index contributed by atoms with van der Waals surface area (Å²) in [4.78, 5) is 33.6. The van der Waals surface area contributed by atoms with Crippen LogP contribution < -0.4 is 19.9 Å². The van der Waals surface area contributed by atoms with Gasteiger partial charge in [-0.2, -0.15) is 0 Å². The van der Waals surface area contributed by atoms with Crippen LogP contribution in [0.3, 0.4) is 0 Å². The van der Waals surface area contributed by atoms with E-state index in [1.165, 1.54) is 14.2 Å². The van der Waals surface area contributed by atoms with Crippen molar-refractivity contribution in [3.05, 3.63) is 35.9 Å². The van der Waals surface area contributed by atoms with Gasteiger partial charge in [-0.05, 0) is 44.0 Å².